The number of nitrogens with two attached hydrogens (primary N) is 1. The average molecular weight is 465 g/mol. The fourth-order valence-corrected chi connectivity index (χ4v) is 3.12. The Hall–Kier alpha value is -3.14. The topological polar surface area (TPSA) is 171 Å². The van der Waals surface area contributed by atoms with Crippen LogP contribution in [0.3, 0.4) is 0 Å². The van der Waals surface area contributed by atoms with Gasteiger partial charge in [-0.15, -0.1) is 0 Å². The third-order valence-electron chi connectivity index (χ3n) is 4.99. The third kappa shape index (κ3) is 9.48. The van der Waals surface area contributed by atoms with Crippen molar-refractivity contribution in [1.82, 2.24) is 16.0 Å². The highest BCUT2D eigenvalue weighted by Crippen LogP contribution is 2.13. The van der Waals surface area contributed by atoms with Crippen LogP contribution in [0, 0.1) is 11.8 Å². The molecule has 10 heteroatoms. The van der Waals surface area contributed by atoms with Gasteiger partial charge in [-0.1, -0.05) is 39.8 Å². The van der Waals surface area contributed by atoms with Crippen molar-refractivity contribution in [2.75, 3.05) is 0 Å². The summed E-state index contributed by atoms with van der Waals surface area (Å²) in [7, 11) is 0. The zero-order chi connectivity index (χ0) is 25.3. The molecule has 0 spiro atoms. The molecule has 0 saturated carbocycles. The number of carbonyl (C=O) groups excluding carboxylic acids is 3. The van der Waals surface area contributed by atoms with Crippen LogP contribution in [0.5, 0.6) is 5.75 Å². The van der Waals surface area contributed by atoms with Gasteiger partial charge in [0.15, 0.2) is 0 Å². The molecule has 10 nitrogen and oxygen atoms in total. The zero-order valence-electron chi connectivity index (χ0n) is 19.8. The minimum atomic E-state index is -1.23. The number of aromatic hydroxyl groups is 1. The lowest BCUT2D eigenvalue weighted by Crippen LogP contribution is -2.58. The Kier molecular flexibility index (Phi) is 10.8. The van der Waals surface area contributed by atoms with Crippen LogP contribution in [0.25, 0.3) is 0 Å². The van der Waals surface area contributed by atoms with Gasteiger partial charge in [0.1, 0.15) is 23.9 Å². The number of nitrogens with one attached hydrogen (secondary N) is 3. The van der Waals surface area contributed by atoms with Crippen molar-refractivity contribution < 1.29 is 29.4 Å². The van der Waals surface area contributed by atoms with Crippen LogP contribution in [-0.2, 0) is 25.6 Å². The number of amides is 3. The maximum Gasteiger partial charge on any atom is 0.326 e. The Morgan fingerprint density at radius 2 is 1.39 bits per heavy atom. The Bertz CT molecular complexity index is 823. The first-order chi connectivity index (χ1) is 15.3. The molecule has 1 aromatic carbocycles. The number of hydrogen-bond donors (Lipinski definition) is 6. The molecule has 0 aromatic heterocycles. The third-order valence-corrected chi connectivity index (χ3v) is 4.99. The Balaban J connectivity index is 2.95. The van der Waals surface area contributed by atoms with Gasteiger partial charge in [-0.2, -0.15) is 0 Å². The van der Waals surface area contributed by atoms with Crippen LogP contribution in [0.1, 0.15) is 46.6 Å². The first-order valence-corrected chi connectivity index (χ1v) is 11.0. The van der Waals surface area contributed by atoms with E-state index in [1.807, 2.05) is 13.8 Å². The van der Waals surface area contributed by atoms with E-state index in [0.717, 1.165) is 0 Å². The second-order valence-corrected chi connectivity index (χ2v) is 8.98. The summed E-state index contributed by atoms with van der Waals surface area (Å²) < 4.78 is 0. The summed E-state index contributed by atoms with van der Waals surface area (Å²) in [6, 6.07) is 2.06. The highest BCUT2D eigenvalue weighted by molar-refractivity contribution is 5.94. The molecule has 1 rings (SSSR count). The predicted molar refractivity (Wildman–Crippen MR) is 123 cm³/mol. The fourth-order valence-electron chi connectivity index (χ4n) is 3.12. The first kappa shape index (κ1) is 27.9. The van der Waals surface area contributed by atoms with Crippen molar-refractivity contribution in [3.63, 3.8) is 0 Å². The van der Waals surface area contributed by atoms with E-state index in [9.17, 15) is 29.4 Å². The molecule has 4 unspecified atom stereocenters. The largest absolute Gasteiger partial charge is 0.508 e. The van der Waals surface area contributed by atoms with Crippen LogP contribution in [0.4, 0.5) is 0 Å². The predicted octanol–water partition coefficient (Wildman–Crippen LogP) is 0.523. The van der Waals surface area contributed by atoms with Crippen LogP contribution < -0.4 is 21.7 Å². The normalized spacial score (nSPS) is 14.8. The number of carboxylic acid groups (broad SMARTS) is 1. The van der Waals surface area contributed by atoms with Gasteiger partial charge in [-0.25, -0.2) is 4.79 Å². The van der Waals surface area contributed by atoms with Gasteiger partial charge in [-0.05, 0) is 42.9 Å². The summed E-state index contributed by atoms with van der Waals surface area (Å²) in [6.45, 7) is 8.73. The second kappa shape index (κ2) is 12.8. The molecular weight excluding hydrogens is 428 g/mol. The van der Waals surface area contributed by atoms with E-state index in [0.29, 0.717) is 12.0 Å². The number of aliphatic carboxylic acids is 1. The summed E-state index contributed by atoms with van der Waals surface area (Å²) in [6.07, 6.45) is 0.343. The lowest BCUT2D eigenvalue weighted by atomic mass is 9.99. The van der Waals surface area contributed by atoms with Crippen LogP contribution in [-0.4, -0.2) is 58.1 Å². The van der Waals surface area contributed by atoms with Crippen molar-refractivity contribution in [2.45, 2.75) is 71.6 Å². The summed E-state index contributed by atoms with van der Waals surface area (Å²) in [4.78, 5) is 49.6. The Labute approximate surface area is 194 Å². The molecular formula is C23H36N4O6. The fraction of sp³-hybridized carbons (Fsp3) is 0.565. The van der Waals surface area contributed by atoms with Crippen molar-refractivity contribution in [3.8, 4) is 5.75 Å². The van der Waals surface area contributed by atoms with E-state index in [-0.39, 0.29) is 24.0 Å². The van der Waals surface area contributed by atoms with Crippen LogP contribution >= 0.6 is 0 Å². The van der Waals surface area contributed by atoms with E-state index in [1.165, 1.54) is 19.1 Å². The van der Waals surface area contributed by atoms with Crippen molar-refractivity contribution in [2.24, 2.45) is 17.6 Å². The quantitative estimate of drug-likeness (QED) is 0.262. The van der Waals surface area contributed by atoms with Crippen LogP contribution in [0.15, 0.2) is 24.3 Å². The maximum atomic E-state index is 12.9. The minimum Gasteiger partial charge on any atom is -0.508 e. The Morgan fingerprint density at radius 1 is 0.848 bits per heavy atom. The monoisotopic (exact) mass is 464 g/mol. The Morgan fingerprint density at radius 3 is 1.85 bits per heavy atom. The van der Waals surface area contributed by atoms with Gasteiger partial charge >= 0.3 is 5.97 Å². The molecule has 3 amide bonds. The average Bonchev–Trinajstić information content (AvgIpc) is 2.71. The molecule has 0 aliphatic heterocycles. The summed E-state index contributed by atoms with van der Waals surface area (Å²) in [5.41, 5.74) is 6.20. The first-order valence-electron chi connectivity index (χ1n) is 11.0. The number of carbonyl (C=O) groups is 4. The molecule has 0 fully saturated rings. The van der Waals surface area contributed by atoms with Crippen molar-refractivity contribution >= 4 is 23.7 Å². The van der Waals surface area contributed by atoms with Gasteiger partial charge in [0.2, 0.25) is 17.7 Å². The van der Waals surface area contributed by atoms with E-state index in [4.69, 9.17) is 5.73 Å². The molecule has 0 aliphatic rings. The molecule has 33 heavy (non-hydrogen) atoms. The standard InChI is InChI=1S/C23H36N4O6/c1-12(2)10-17(25-20(29)14(5)24)21(30)27-19(13(3)4)22(31)26-18(23(32)33)11-15-6-8-16(28)9-7-15/h6-9,12-14,17-19,28H,10-11,24H2,1-5H3,(H,25,29)(H,26,31)(H,27,30)(H,32,33). The summed E-state index contributed by atoms with van der Waals surface area (Å²) >= 11 is 0. The highest BCUT2D eigenvalue weighted by Gasteiger charge is 2.32. The second-order valence-electron chi connectivity index (χ2n) is 8.98. The number of rotatable bonds is 12. The lowest BCUT2D eigenvalue weighted by Gasteiger charge is -2.27. The molecule has 0 heterocycles. The number of hydrogen-bond acceptors (Lipinski definition) is 6. The molecule has 7 N–H and O–H groups in total. The molecule has 0 saturated heterocycles. The van der Waals surface area contributed by atoms with Crippen molar-refractivity contribution in [1.29, 1.82) is 0 Å². The lowest BCUT2D eigenvalue weighted by molar-refractivity contribution is -0.142. The highest BCUT2D eigenvalue weighted by atomic mass is 16.4. The summed E-state index contributed by atoms with van der Waals surface area (Å²) in [5.74, 6) is -3.12. The number of phenolic OH excluding ortho intramolecular Hbond substituents is 1. The van der Waals surface area contributed by atoms with Crippen LogP contribution in [0.2, 0.25) is 0 Å². The van der Waals surface area contributed by atoms with E-state index in [2.05, 4.69) is 16.0 Å². The SMILES string of the molecule is CC(C)CC(NC(=O)C(C)N)C(=O)NC(C(=O)NC(Cc1ccc(O)cc1)C(=O)O)C(C)C. The minimum absolute atomic E-state index is 0.000531. The summed E-state index contributed by atoms with van der Waals surface area (Å²) in [5, 5.41) is 26.7. The zero-order valence-corrected chi connectivity index (χ0v) is 19.8. The maximum absolute atomic E-state index is 12.9. The number of phenols is 1. The number of carboxylic acids is 1. The molecule has 184 valence electrons. The smallest absolute Gasteiger partial charge is 0.326 e. The van der Waals surface area contributed by atoms with Gasteiger partial charge < -0.3 is 31.9 Å². The molecule has 4 atom stereocenters. The number of benzene rings is 1. The van der Waals surface area contributed by atoms with Crippen molar-refractivity contribution in [3.05, 3.63) is 29.8 Å². The van der Waals surface area contributed by atoms with E-state index < -0.39 is 47.9 Å². The molecule has 0 aliphatic carbocycles. The molecule has 0 radical (unpaired) electrons. The van der Waals surface area contributed by atoms with Gasteiger partial charge in [0.25, 0.3) is 0 Å². The van der Waals surface area contributed by atoms with E-state index >= 15 is 0 Å². The van der Waals surface area contributed by atoms with Gasteiger partial charge in [0.05, 0.1) is 6.04 Å². The van der Waals surface area contributed by atoms with E-state index in [1.54, 1.807) is 26.0 Å². The van der Waals surface area contributed by atoms with Gasteiger partial charge in [0, 0.05) is 6.42 Å². The molecule has 0 bridgehead atoms. The van der Waals surface area contributed by atoms with Gasteiger partial charge in [-0.3, -0.25) is 14.4 Å². The molecule has 1 aromatic rings.